The monoisotopic (exact) mass is 272 g/mol. The smallest absolute Gasteiger partial charge is 0.369 e. The molecule has 2 aromatic heterocycles. The number of nitrogen functional groups attached to an aromatic ring is 2. The molecule has 2 aromatic rings. The largest absolute Gasteiger partial charge is 0.382 e. The fourth-order valence-electron chi connectivity index (χ4n) is 1.18. The Morgan fingerprint density at radius 1 is 1.06 bits per heavy atom. The molecular formula is C8H6ClFN6O2. The lowest BCUT2D eigenvalue weighted by Gasteiger charge is -2.08. The van der Waals surface area contributed by atoms with Gasteiger partial charge < -0.3 is 11.5 Å². The van der Waals surface area contributed by atoms with Crippen molar-refractivity contribution in [3.05, 3.63) is 44.2 Å². The van der Waals surface area contributed by atoms with Gasteiger partial charge in [0.25, 0.3) is 0 Å². The Bertz CT molecular complexity index is 676. The number of halogens is 2. The van der Waals surface area contributed by atoms with Crippen molar-refractivity contribution in [1.82, 2.24) is 19.3 Å². The first-order valence-corrected chi connectivity index (χ1v) is 4.88. The van der Waals surface area contributed by atoms with Crippen LogP contribution in [0.25, 0.3) is 0 Å². The molecule has 0 amide bonds. The highest BCUT2D eigenvalue weighted by Gasteiger charge is 2.10. The third-order valence-corrected chi connectivity index (χ3v) is 2.31. The lowest BCUT2D eigenvalue weighted by molar-refractivity contribution is 0.528. The predicted octanol–water partition coefficient (Wildman–Crippen LogP) is -0.932. The second kappa shape index (κ2) is 4.11. The van der Waals surface area contributed by atoms with Crippen molar-refractivity contribution < 1.29 is 4.39 Å². The van der Waals surface area contributed by atoms with E-state index >= 15 is 0 Å². The molecule has 4 N–H and O–H groups in total. The molecule has 18 heavy (non-hydrogen) atoms. The summed E-state index contributed by atoms with van der Waals surface area (Å²) in [6.07, 6.45) is 1.71. The second-order valence-corrected chi connectivity index (χ2v) is 3.61. The zero-order chi connectivity index (χ0) is 13.4. The van der Waals surface area contributed by atoms with Gasteiger partial charge in [-0.15, -0.1) is 0 Å². The number of anilines is 2. The summed E-state index contributed by atoms with van der Waals surface area (Å²) in [6, 6.07) is 0. The molecule has 0 saturated carbocycles. The van der Waals surface area contributed by atoms with E-state index in [1.54, 1.807) is 0 Å². The standard InChI is InChI=1S/C8H6ClFN6O2/c9-3-1-15(7(17)13-5(3)11)16-2-4(10)6(12)14-8(16)18/h1-2H,(H2,11,13,17)(H2,12,14,18). The van der Waals surface area contributed by atoms with Crippen LogP contribution in [-0.2, 0) is 0 Å². The van der Waals surface area contributed by atoms with Crippen molar-refractivity contribution in [1.29, 1.82) is 0 Å². The molecule has 0 aliphatic heterocycles. The minimum atomic E-state index is -0.963. The highest BCUT2D eigenvalue weighted by atomic mass is 35.5. The van der Waals surface area contributed by atoms with Crippen molar-refractivity contribution >= 4 is 23.2 Å². The maximum Gasteiger partial charge on any atom is 0.369 e. The molecule has 0 aromatic carbocycles. The Balaban J connectivity index is 2.78. The van der Waals surface area contributed by atoms with Crippen LogP contribution < -0.4 is 22.8 Å². The Kier molecular flexibility index (Phi) is 2.75. The van der Waals surface area contributed by atoms with Gasteiger partial charge in [-0.2, -0.15) is 19.3 Å². The molecular weight excluding hydrogens is 267 g/mol. The summed E-state index contributed by atoms with van der Waals surface area (Å²) in [6.45, 7) is 0. The van der Waals surface area contributed by atoms with Crippen molar-refractivity contribution in [3.8, 4) is 0 Å². The van der Waals surface area contributed by atoms with E-state index in [1.165, 1.54) is 0 Å². The summed E-state index contributed by atoms with van der Waals surface area (Å²) in [5, 5.41) is -0.0706. The van der Waals surface area contributed by atoms with Crippen LogP contribution in [0.1, 0.15) is 0 Å². The van der Waals surface area contributed by atoms with E-state index in [0.717, 1.165) is 6.20 Å². The summed E-state index contributed by atoms with van der Waals surface area (Å²) in [5.74, 6) is -1.73. The Morgan fingerprint density at radius 3 is 2.17 bits per heavy atom. The van der Waals surface area contributed by atoms with E-state index in [0.29, 0.717) is 15.5 Å². The minimum absolute atomic E-state index is 0.0706. The van der Waals surface area contributed by atoms with Crippen molar-refractivity contribution in [3.63, 3.8) is 0 Å². The number of hydrogen-bond donors (Lipinski definition) is 2. The van der Waals surface area contributed by atoms with Gasteiger partial charge in [0.2, 0.25) is 0 Å². The number of rotatable bonds is 1. The van der Waals surface area contributed by atoms with Gasteiger partial charge in [-0.05, 0) is 0 Å². The first-order valence-electron chi connectivity index (χ1n) is 4.50. The van der Waals surface area contributed by atoms with E-state index in [-0.39, 0.29) is 10.8 Å². The Morgan fingerprint density at radius 2 is 1.56 bits per heavy atom. The molecule has 0 aliphatic rings. The van der Waals surface area contributed by atoms with Crippen LogP contribution in [0.15, 0.2) is 22.0 Å². The van der Waals surface area contributed by atoms with Crippen LogP contribution in [0, 0.1) is 5.82 Å². The van der Waals surface area contributed by atoms with Gasteiger partial charge in [0, 0.05) is 0 Å². The zero-order valence-corrected chi connectivity index (χ0v) is 9.43. The number of aromatic nitrogens is 4. The summed E-state index contributed by atoms with van der Waals surface area (Å²) >= 11 is 5.66. The molecule has 0 atom stereocenters. The summed E-state index contributed by atoms with van der Waals surface area (Å²) < 4.78 is 14.5. The third-order valence-electron chi connectivity index (χ3n) is 2.02. The SMILES string of the molecule is Nc1nc(=O)n(-n2cc(Cl)c(N)nc2=O)cc1F. The lowest BCUT2D eigenvalue weighted by Crippen LogP contribution is -2.37. The van der Waals surface area contributed by atoms with Gasteiger partial charge in [0.1, 0.15) is 10.8 Å². The first kappa shape index (κ1) is 12.0. The molecule has 0 aliphatic carbocycles. The summed E-state index contributed by atoms with van der Waals surface area (Å²) in [7, 11) is 0. The van der Waals surface area contributed by atoms with Crippen LogP contribution >= 0.6 is 11.6 Å². The van der Waals surface area contributed by atoms with E-state index in [9.17, 15) is 14.0 Å². The number of nitrogens with zero attached hydrogens (tertiary/aromatic N) is 4. The van der Waals surface area contributed by atoms with E-state index in [4.69, 9.17) is 23.1 Å². The van der Waals surface area contributed by atoms with Crippen molar-refractivity contribution in [2.75, 3.05) is 11.5 Å². The molecule has 0 unspecified atom stereocenters. The van der Waals surface area contributed by atoms with Gasteiger partial charge in [-0.3, -0.25) is 0 Å². The van der Waals surface area contributed by atoms with E-state index < -0.39 is 23.0 Å². The quantitative estimate of drug-likeness (QED) is 0.691. The summed E-state index contributed by atoms with van der Waals surface area (Å²) in [4.78, 5) is 29.5. The van der Waals surface area contributed by atoms with Crippen LogP contribution in [0.4, 0.5) is 16.0 Å². The average Bonchev–Trinajstić information content (AvgIpc) is 2.29. The molecule has 0 fully saturated rings. The molecule has 94 valence electrons. The molecule has 0 spiro atoms. The van der Waals surface area contributed by atoms with Crippen LogP contribution in [0.5, 0.6) is 0 Å². The highest BCUT2D eigenvalue weighted by molar-refractivity contribution is 6.32. The van der Waals surface area contributed by atoms with Crippen molar-refractivity contribution in [2.24, 2.45) is 0 Å². The molecule has 8 nitrogen and oxygen atoms in total. The van der Waals surface area contributed by atoms with E-state index in [2.05, 4.69) is 9.97 Å². The fraction of sp³-hybridized carbons (Fsp3) is 0. The van der Waals surface area contributed by atoms with Gasteiger partial charge in [0.15, 0.2) is 11.6 Å². The van der Waals surface area contributed by atoms with Gasteiger partial charge in [-0.25, -0.2) is 14.0 Å². The van der Waals surface area contributed by atoms with Crippen LogP contribution in [0.3, 0.4) is 0 Å². The highest BCUT2D eigenvalue weighted by Crippen LogP contribution is 2.11. The second-order valence-electron chi connectivity index (χ2n) is 3.20. The maximum atomic E-state index is 13.2. The normalized spacial score (nSPS) is 10.6. The molecule has 0 radical (unpaired) electrons. The maximum absolute atomic E-state index is 13.2. The molecule has 10 heteroatoms. The third kappa shape index (κ3) is 1.91. The molecule has 0 bridgehead atoms. The zero-order valence-electron chi connectivity index (χ0n) is 8.67. The van der Waals surface area contributed by atoms with Gasteiger partial charge in [0.05, 0.1) is 12.4 Å². The predicted molar refractivity (Wildman–Crippen MR) is 61.6 cm³/mol. The minimum Gasteiger partial charge on any atom is -0.382 e. The van der Waals surface area contributed by atoms with Gasteiger partial charge in [-0.1, -0.05) is 11.6 Å². The van der Waals surface area contributed by atoms with Gasteiger partial charge >= 0.3 is 11.4 Å². The number of nitrogens with two attached hydrogens (primary N) is 2. The Hall–Kier alpha value is -2.42. The fourth-order valence-corrected chi connectivity index (χ4v) is 1.32. The first-order chi connectivity index (χ1) is 8.40. The summed E-state index contributed by atoms with van der Waals surface area (Å²) in [5.41, 5.74) is 8.55. The average molecular weight is 273 g/mol. The van der Waals surface area contributed by atoms with Crippen LogP contribution in [0.2, 0.25) is 5.02 Å². The molecule has 2 rings (SSSR count). The molecule has 2 heterocycles. The number of hydrogen-bond acceptors (Lipinski definition) is 6. The topological polar surface area (TPSA) is 122 Å². The van der Waals surface area contributed by atoms with Crippen molar-refractivity contribution in [2.45, 2.75) is 0 Å². The molecule has 0 saturated heterocycles. The van der Waals surface area contributed by atoms with Crippen LogP contribution in [-0.4, -0.2) is 19.3 Å². The Labute approximate surface area is 103 Å². The van der Waals surface area contributed by atoms with E-state index in [1.807, 2.05) is 0 Å². The lowest BCUT2D eigenvalue weighted by atomic mass is 10.5.